The van der Waals surface area contributed by atoms with Crippen molar-refractivity contribution in [3.8, 4) is 102 Å². The summed E-state index contributed by atoms with van der Waals surface area (Å²) in [7, 11) is 0. The molecule has 420 valence electrons. The van der Waals surface area contributed by atoms with E-state index in [2.05, 4.69) is 271 Å². The summed E-state index contributed by atoms with van der Waals surface area (Å²) in [4.78, 5) is 0. The van der Waals surface area contributed by atoms with Crippen molar-refractivity contribution in [2.75, 3.05) is 0 Å². The van der Waals surface area contributed by atoms with E-state index in [0.717, 1.165) is 103 Å². The smallest absolute Gasteiger partial charge is 0.248 e. The number of rotatable bonds is 16. The average Bonchev–Trinajstić information content (AvgIpc) is 3.33. The second kappa shape index (κ2) is 22.9. The quantitative estimate of drug-likeness (QED) is 0.0950. The van der Waals surface area contributed by atoms with E-state index in [1.54, 1.807) is 0 Å². The second-order valence-corrected chi connectivity index (χ2v) is 23.7. The van der Waals surface area contributed by atoms with Gasteiger partial charge in [0.05, 0.1) is 5.69 Å². The standard InChI is InChI=1S/C78H62N8O/c1-77(2,52-54-29-33-61(34-30-54)74-82-81-73(60-20-10-6-11-21-60)86(74)70-26-16-22-59-19-14-15-25-69(59)70)66-47-43-63(44-48-66)72-80-79-71(85(72)68-23-12-7-13-24-68)62-39-35-58(36-40-62)56-31-27-53(28-32-56)51-78(3,4)67-49-45-65(46-50-67)76-84-83-75(87-76)64-41-37-57(38-42-64)55-17-8-5-9-18-55/h5-50H,51-52H2,1-4H3. The highest BCUT2D eigenvalue weighted by molar-refractivity contribution is 5.91. The molecule has 0 aliphatic heterocycles. The second-order valence-electron chi connectivity index (χ2n) is 23.7. The minimum atomic E-state index is -0.170. The minimum absolute atomic E-state index is 0.121. The van der Waals surface area contributed by atoms with Crippen LogP contribution in [0.4, 0.5) is 0 Å². The molecule has 0 aliphatic rings. The zero-order chi connectivity index (χ0) is 58.9. The molecule has 0 saturated carbocycles. The summed E-state index contributed by atoms with van der Waals surface area (Å²) in [6.45, 7) is 9.21. The molecule has 0 bridgehead atoms. The molecule has 3 aromatic heterocycles. The largest absolute Gasteiger partial charge is 0.416 e. The van der Waals surface area contributed by atoms with Crippen molar-refractivity contribution in [2.45, 2.75) is 51.4 Å². The zero-order valence-corrected chi connectivity index (χ0v) is 49.0. The van der Waals surface area contributed by atoms with Gasteiger partial charge < -0.3 is 4.42 Å². The molecule has 87 heavy (non-hydrogen) atoms. The molecule has 0 amide bonds. The number of para-hydroxylation sites is 1. The monoisotopic (exact) mass is 1130 g/mol. The van der Waals surface area contributed by atoms with Crippen molar-refractivity contribution >= 4 is 10.8 Å². The summed E-state index contributed by atoms with van der Waals surface area (Å²) in [5.74, 6) is 4.16. The molecule has 0 fully saturated rings. The van der Waals surface area contributed by atoms with Gasteiger partial charge in [-0.25, -0.2) is 0 Å². The highest BCUT2D eigenvalue weighted by Gasteiger charge is 2.26. The lowest BCUT2D eigenvalue weighted by Gasteiger charge is -2.26. The number of benzene rings is 11. The fourth-order valence-electron chi connectivity index (χ4n) is 12.0. The van der Waals surface area contributed by atoms with Crippen LogP contribution in [0.15, 0.2) is 283 Å². The van der Waals surface area contributed by atoms with E-state index in [4.69, 9.17) is 24.8 Å². The first-order chi connectivity index (χ1) is 42.6. The van der Waals surface area contributed by atoms with Crippen molar-refractivity contribution in [3.05, 3.63) is 301 Å². The fraction of sp³-hybridized carbons (Fsp3) is 0.103. The van der Waals surface area contributed by atoms with Crippen LogP contribution in [0.1, 0.15) is 49.9 Å². The molecule has 14 aromatic rings. The Hall–Kier alpha value is -10.9. The predicted octanol–water partition coefficient (Wildman–Crippen LogP) is 18.8. The summed E-state index contributed by atoms with van der Waals surface area (Å²) < 4.78 is 10.5. The van der Waals surface area contributed by atoms with Gasteiger partial charge in [-0.1, -0.05) is 264 Å². The highest BCUT2D eigenvalue weighted by Crippen LogP contribution is 2.38. The Balaban J connectivity index is 0.647. The molecule has 0 N–H and O–H groups in total. The molecular weight excluding hydrogens is 1060 g/mol. The Morgan fingerprint density at radius 2 is 0.621 bits per heavy atom. The van der Waals surface area contributed by atoms with Crippen molar-refractivity contribution < 1.29 is 4.42 Å². The summed E-state index contributed by atoms with van der Waals surface area (Å²) in [5, 5.41) is 30.4. The van der Waals surface area contributed by atoms with Crippen molar-refractivity contribution in [1.82, 2.24) is 39.7 Å². The van der Waals surface area contributed by atoms with Crippen LogP contribution in [-0.2, 0) is 23.7 Å². The van der Waals surface area contributed by atoms with Gasteiger partial charge in [0.2, 0.25) is 11.8 Å². The van der Waals surface area contributed by atoms with Gasteiger partial charge in [0.1, 0.15) is 0 Å². The maximum atomic E-state index is 6.16. The van der Waals surface area contributed by atoms with Gasteiger partial charge in [-0.3, -0.25) is 9.13 Å². The van der Waals surface area contributed by atoms with Gasteiger partial charge in [0.15, 0.2) is 23.3 Å². The van der Waals surface area contributed by atoms with Gasteiger partial charge in [0.25, 0.3) is 0 Å². The van der Waals surface area contributed by atoms with Crippen LogP contribution >= 0.6 is 0 Å². The van der Waals surface area contributed by atoms with E-state index in [-0.39, 0.29) is 10.8 Å². The van der Waals surface area contributed by atoms with E-state index >= 15 is 0 Å². The van der Waals surface area contributed by atoms with Crippen molar-refractivity contribution in [2.24, 2.45) is 0 Å². The van der Waals surface area contributed by atoms with Gasteiger partial charge in [-0.05, 0) is 116 Å². The molecule has 11 aromatic carbocycles. The fourth-order valence-corrected chi connectivity index (χ4v) is 12.0. The maximum absolute atomic E-state index is 6.16. The first-order valence-electron chi connectivity index (χ1n) is 29.6. The Morgan fingerprint density at radius 3 is 1.11 bits per heavy atom. The molecule has 0 unspecified atom stereocenters. The van der Waals surface area contributed by atoms with Crippen LogP contribution in [0.2, 0.25) is 0 Å². The van der Waals surface area contributed by atoms with Crippen LogP contribution in [0.25, 0.3) is 113 Å². The van der Waals surface area contributed by atoms with E-state index in [1.165, 1.54) is 33.2 Å². The molecule has 9 heteroatoms. The van der Waals surface area contributed by atoms with E-state index in [1.807, 2.05) is 54.6 Å². The Kier molecular flexibility index (Phi) is 14.2. The SMILES string of the molecule is CC(C)(Cc1ccc(-c2ccc(-c3nnc(-c4ccc(C(C)(C)Cc5ccc(-c6nnc(-c7ccccc7)n6-c6cccc7ccccc67)cc5)cc4)n3-c3ccccc3)cc2)cc1)c1ccc(-c2nnc(-c3ccc(-c4ccccc4)cc3)o2)cc1. The molecule has 9 nitrogen and oxygen atoms in total. The van der Waals surface area contributed by atoms with Gasteiger partial charge in [-0.15, -0.1) is 30.6 Å². The maximum Gasteiger partial charge on any atom is 0.248 e. The topological polar surface area (TPSA) is 100 Å². The Morgan fingerprint density at radius 1 is 0.287 bits per heavy atom. The first kappa shape index (κ1) is 54.1. The van der Waals surface area contributed by atoms with Gasteiger partial charge >= 0.3 is 0 Å². The predicted molar refractivity (Wildman–Crippen MR) is 351 cm³/mol. The molecule has 0 atom stereocenters. The Bertz CT molecular complexity index is 4660. The Labute approximate surface area is 507 Å². The van der Waals surface area contributed by atoms with E-state index < -0.39 is 0 Å². The molecule has 3 heterocycles. The third kappa shape index (κ3) is 11.0. The van der Waals surface area contributed by atoms with Gasteiger partial charge in [-0.2, -0.15) is 0 Å². The van der Waals surface area contributed by atoms with Gasteiger partial charge in [0, 0.05) is 44.5 Å². The lowest BCUT2D eigenvalue weighted by atomic mass is 9.79. The molecule has 0 spiro atoms. The zero-order valence-electron chi connectivity index (χ0n) is 49.0. The molecule has 0 radical (unpaired) electrons. The molecule has 0 saturated heterocycles. The third-order valence-electron chi connectivity index (χ3n) is 16.8. The van der Waals surface area contributed by atoms with E-state index in [9.17, 15) is 0 Å². The average molecular weight is 1130 g/mol. The normalized spacial score (nSPS) is 11.8. The lowest BCUT2D eigenvalue weighted by Crippen LogP contribution is -2.20. The summed E-state index contributed by atoms with van der Waals surface area (Å²) in [6, 6.07) is 97.9. The summed E-state index contributed by atoms with van der Waals surface area (Å²) >= 11 is 0. The lowest BCUT2D eigenvalue weighted by molar-refractivity contribution is 0.522. The van der Waals surface area contributed by atoms with Crippen molar-refractivity contribution in [1.29, 1.82) is 0 Å². The van der Waals surface area contributed by atoms with Crippen LogP contribution < -0.4 is 0 Å². The number of hydrogen-bond acceptors (Lipinski definition) is 7. The third-order valence-corrected chi connectivity index (χ3v) is 16.8. The van der Waals surface area contributed by atoms with Crippen LogP contribution in [0, 0.1) is 0 Å². The first-order valence-corrected chi connectivity index (χ1v) is 29.6. The van der Waals surface area contributed by atoms with Crippen molar-refractivity contribution in [3.63, 3.8) is 0 Å². The van der Waals surface area contributed by atoms with E-state index in [0.29, 0.717) is 11.8 Å². The molecular formula is C78H62N8O. The van der Waals surface area contributed by atoms with Crippen LogP contribution in [0.3, 0.4) is 0 Å². The number of fused-ring (bicyclic) bond motifs is 1. The summed E-state index contributed by atoms with van der Waals surface area (Å²) in [6.07, 6.45) is 1.72. The van der Waals surface area contributed by atoms with Crippen LogP contribution in [-0.4, -0.2) is 39.7 Å². The number of hydrogen-bond donors (Lipinski definition) is 0. The number of aromatic nitrogens is 8. The number of nitrogens with zero attached hydrogens (tertiary/aromatic N) is 8. The summed E-state index contributed by atoms with van der Waals surface area (Å²) in [5.41, 5.74) is 17.1. The molecule has 0 aliphatic carbocycles. The van der Waals surface area contributed by atoms with Crippen LogP contribution in [0.5, 0.6) is 0 Å². The highest BCUT2D eigenvalue weighted by atomic mass is 16.4. The molecule has 14 rings (SSSR count). The minimum Gasteiger partial charge on any atom is -0.416 e.